The number of nitrogens with zero attached hydrogens (tertiary/aromatic N) is 1. The molecule has 1 aromatic heterocycles. The summed E-state index contributed by atoms with van der Waals surface area (Å²) in [7, 11) is 0. The predicted octanol–water partition coefficient (Wildman–Crippen LogP) is 4.76. The number of hydrogen-bond acceptors (Lipinski definition) is 1. The van der Waals surface area contributed by atoms with Crippen LogP contribution in [0.15, 0.2) is 48.5 Å². The van der Waals surface area contributed by atoms with Gasteiger partial charge in [0.05, 0.1) is 17.1 Å². The van der Waals surface area contributed by atoms with Gasteiger partial charge in [0.15, 0.2) is 0 Å². The van der Waals surface area contributed by atoms with Crippen molar-refractivity contribution in [1.29, 1.82) is 0 Å². The fraction of sp³-hybridized carbons (Fsp3) is 0.190. The van der Waals surface area contributed by atoms with Crippen molar-refractivity contribution in [2.75, 3.05) is 4.90 Å². The van der Waals surface area contributed by atoms with E-state index in [1.165, 1.54) is 29.7 Å². The fourth-order valence-corrected chi connectivity index (χ4v) is 4.31. The molecule has 25 heavy (non-hydrogen) atoms. The van der Waals surface area contributed by atoms with Gasteiger partial charge in [-0.2, -0.15) is 0 Å². The molecule has 0 bridgehead atoms. The molecule has 0 saturated carbocycles. The van der Waals surface area contributed by atoms with E-state index in [2.05, 4.69) is 17.1 Å². The number of benzene rings is 2. The van der Waals surface area contributed by atoms with Crippen molar-refractivity contribution >= 4 is 17.4 Å². The van der Waals surface area contributed by atoms with Crippen molar-refractivity contribution in [3.63, 3.8) is 0 Å². The monoisotopic (exact) mass is 329 g/mol. The maximum absolute atomic E-state index is 12.3. The van der Waals surface area contributed by atoms with Crippen LogP contribution in [0.1, 0.15) is 24.1 Å². The van der Waals surface area contributed by atoms with E-state index in [0.29, 0.717) is 0 Å². The number of amides is 2. The Morgan fingerprint density at radius 2 is 1.56 bits per heavy atom. The number of H-pyrrole nitrogens is 1. The van der Waals surface area contributed by atoms with Crippen LogP contribution in [-0.2, 0) is 12.8 Å². The zero-order valence-corrected chi connectivity index (χ0v) is 13.9. The standard InChI is InChI=1S/C21H19N3O/c22-21(25)24-17-11-5-2-8-14(17)19-13-7-1-4-10-16(13)23-20(19)15-9-3-6-12-18(15)24/h2-3,5-6,8-9,11-12,23H,1,4,7,10H2,(H2,22,25). The number of carbonyl (C=O) groups excluding carboxylic acids is 1. The van der Waals surface area contributed by atoms with E-state index in [-0.39, 0.29) is 0 Å². The molecule has 4 nitrogen and oxygen atoms in total. The van der Waals surface area contributed by atoms with Crippen LogP contribution in [0.2, 0.25) is 0 Å². The number of rotatable bonds is 0. The van der Waals surface area contributed by atoms with E-state index in [9.17, 15) is 4.79 Å². The van der Waals surface area contributed by atoms with E-state index >= 15 is 0 Å². The Labute approximate surface area is 146 Å². The first-order valence-electron chi connectivity index (χ1n) is 8.78. The zero-order valence-electron chi connectivity index (χ0n) is 13.9. The van der Waals surface area contributed by atoms with E-state index < -0.39 is 6.03 Å². The van der Waals surface area contributed by atoms with Crippen molar-refractivity contribution < 1.29 is 4.79 Å². The molecule has 0 fully saturated rings. The minimum atomic E-state index is -0.459. The van der Waals surface area contributed by atoms with Gasteiger partial charge < -0.3 is 10.7 Å². The molecule has 1 aliphatic heterocycles. The second-order valence-electron chi connectivity index (χ2n) is 6.75. The Morgan fingerprint density at radius 3 is 2.32 bits per heavy atom. The number of anilines is 2. The van der Waals surface area contributed by atoms with Crippen LogP contribution in [0.5, 0.6) is 0 Å². The molecule has 0 spiro atoms. The molecule has 0 saturated heterocycles. The molecule has 2 amide bonds. The van der Waals surface area contributed by atoms with Gasteiger partial charge in [0.2, 0.25) is 0 Å². The van der Waals surface area contributed by atoms with Gasteiger partial charge in [0, 0.05) is 22.4 Å². The highest BCUT2D eigenvalue weighted by atomic mass is 16.2. The molecule has 4 heteroatoms. The summed E-state index contributed by atoms with van der Waals surface area (Å²) >= 11 is 0. The summed E-state index contributed by atoms with van der Waals surface area (Å²) < 4.78 is 0. The van der Waals surface area contributed by atoms with Crippen molar-refractivity contribution in [3.8, 4) is 22.4 Å². The van der Waals surface area contributed by atoms with Crippen molar-refractivity contribution in [1.82, 2.24) is 4.98 Å². The van der Waals surface area contributed by atoms with Gasteiger partial charge in [-0.25, -0.2) is 4.79 Å². The Kier molecular flexibility index (Phi) is 3.01. The van der Waals surface area contributed by atoms with Gasteiger partial charge in [-0.3, -0.25) is 4.90 Å². The van der Waals surface area contributed by atoms with Gasteiger partial charge in [-0.15, -0.1) is 0 Å². The topological polar surface area (TPSA) is 62.1 Å². The average Bonchev–Trinajstić information content (AvgIpc) is 2.96. The minimum absolute atomic E-state index is 0.459. The molecule has 5 rings (SSSR count). The summed E-state index contributed by atoms with van der Waals surface area (Å²) in [6, 6.07) is 15.6. The maximum atomic E-state index is 12.3. The number of urea groups is 1. The summed E-state index contributed by atoms with van der Waals surface area (Å²) in [6.07, 6.45) is 4.60. The Balaban J connectivity index is 1.93. The third-order valence-electron chi connectivity index (χ3n) is 5.34. The molecule has 2 aliphatic rings. The SMILES string of the molecule is NC(=O)N1c2ccccc2-c2[nH]c3c(c2-c2ccccc21)CCCC3. The summed E-state index contributed by atoms with van der Waals surface area (Å²) in [5.41, 5.74) is 14.7. The number of fused-ring (bicyclic) bond motifs is 7. The first kappa shape index (κ1) is 14.3. The Bertz CT molecular complexity index is 1000. The zero-order chi connectivity index (χ0) is 17.0. The average molecular weight is 329 g/mol. The molecule has 0 unspecified atom stereocenters. The normalized spacial score (nSPS) is 14.8. The molecule has 2 aromatic carbocycles. The second kappa shape index (κ2) is 5.24. The van der Waals surface area contributed by atoms with Crippen molar-refractivity contribution in [3.05, 3.63) is 59.8 Å². The maximum Gasteiger partial charge on any atom is 0.323 e. The molecule has 2 heterocycles. The molecule has 124 valence electrons. The van der Waals surface area contributed by atoms with Gasteiger partial charge in [-0.1, -0.05) is 36.4 Å². The molecular weight excluding hydrogens is 310 g/mol. The number of aryl methyl sites for hydroxylation is 1. The lowest BCUT2D eigenvalue weighted by Gasteiger charge is -2.23. The predicted molar refractivity (Wildman–Crippen MR) is 100 cm³/mol. The number of primary amides is 1. The van der Waals surface area contributed by atoms with E-state index in [0.717, 1.165) is 41.0 Å². The van der Waals surface area contributed by atoms with Crippen LogP contribution < -0.4 is 10.6 Å². The summed E-state index contributed by atoms with van der Waals surface area (Å²) in [6.45, 7) is 0. The second-order valence-corrected chi connectivity index (χ2v) is 6.75. The highest BCUT2D eigenvalue weighted by Crippen LogP contribution is 2.50. The van der Waals surface area contributed by atoms with E-state index in [1.807, 2.05) is 36.4 Å². The van der Waals surface area contributed by atoms with Crippen LogP contribution in [0, 0.1) is 0 Å². The van der Waals surface area contributed by atoms with Crippen LogP contribution in [0.4, 0.5) is 16.2 Å². The first-order valence-corrected chi connectivity index (χ1v) is 8.78. The lowest BCUT2D eigenvalue weighted by Crippen LogP contribution is -2.31. The van der Waals surface area contributed by atoms with Crippen molar-refractivity contribution in [2.45, 2.75) is 25.7 Å². The number of para-hydroxylation sites is 2. The number of aromatic nitrogens is 1. The van der Waals surface area contributed by atoms with Gasteiger partial charge in [0.25, 0.3) is 0 Å². The Hall–Kier alpha value is -3.01. The summed E-state index contributed by atoms with van der Waals surface area (Å²) in [5, 5.41) is 0. The number of carbonyl (C=O) groups is 1. The lowest BCUT2D eigenvalue weighted by molar-refractivity contribution is 0.256. The summed E-state index contributed by atoms with van der Waals surface area (Å²) in [5.74, 6) is 0. The minimum Gasteiger partial charge on any atom is -0.358 e. The largest absolute Gasteiger partial charge is 0.358 e. The highest BCUT2D eigenvalue weighted by molar-refractivity contribution is 6.10. The molecule has 0 radical (unpaired) electrons. The molecule has 0 atom stereocenters. The first-order chi connectivity index (χ1) is 12.3. The number of hydrogen-bond donors (Lipinski definition) is 2. The molecule has 3 N–H and O–H groups in total. The third-order valence-corrected chi connectivity index (χ3v) is 5.34. The van der Waals surface area contributed by atoms with Crippen LogP contribution >= 0.6 is 0 Å². The number of aromatic amines is 1. The van der Waals surface area contributed by atoms with E-state index in [1.54, 1.807) is 4.90 Å². The molecule has 3 aromatic rings. The van der Waals surface area contributed by atoms with E-state index in [4.69, 9.17) is 5.73 Å². The number of nitrogens with two attached hydrogens (primary N) is 1. The third kappa shape index (κ3) is 1.97. The quantitative estimate of drug-likeness (QED) is 0.614. The fourth-order valence-electron chi connectivity index (χ4n) is 4.31. The van der Waals surface area contributed by atoms with Gasteiger partial charge in [0.1, 0.15) is 0 Å². The van der Waals surface area contributed by atoms with Crippen molar-refractivity contribution in [2.24, 2.45) is 5.73 Å². The smallest absolute Gasteiger partial charge is 0.323 e. The van der Waals surface area contributed by atoms with Crippen LogP contribution in [-0.4, -0.2) is 11.0 Å². The van der Waals surface area contributed by atoms with Gasteiger partial charge >= 0.3 is 6.03 Å². The Morgan fingerprint density at radius 1 is 0.920 bits per heavy atom. The molecular formula is C21H19N3O. The van der Waals surface area contributed by atoms with Crippen LogP contribution in [0.25, 0.3) is 22.4 Å². The number of nitrogens with one attached hydrogen (secondary N) is 1. The lowest BCUT2D eigenvalue weighted by atomic mass is 9.90. The van der Waals surface area contributed by atoms with Gasteiger partial charge in [-0.05, 0) is 43.4 Å². The highest BCUT2D eigenvalue weighted by Gasteiger charge is 2.31. The summed E-state index contributed by atoms with van der Waals surface area (Å²) in [4.78, 5) is 17.6. The van der Waals surface area contributed by atoms with Crippen LogP contribution in [0.3, 0.4) is 0 Å². The molecule has 1 aliphatic carbocycles.